The van der Waals surface area contributed by atoms with Crippen molar-refractivity contribution in [1.82, 2.24) is 0 Å². The van der Waals surface area contributed by atoms with Gasteiger partial charge >= 0.3 is 5.97 Å². The second-order valence-electron chi connectivity index (χ2n) is 7.57. The van der Waals surface area contributed by atoms with Crippen LogP contribution in [-0.4, -0.2) is 22.5 Å². The summed E-state index contributed by atoms with van der Waals surface area (Å²) in [6, 6.07) is 0. The number of allylic oxidation sites excluding steroid dienone is 2. The molecule has 0 saturated heterocycles. The molecule has 4 unspecified atom stereocenters. The zero-order valence-corrected chi connectivity index (χ0v) is 12.5. The Labute approximate surface area is 119 Å². The van der Waals surface area contributed by atoms with Crippen molar-refractivity contribution in [3.8, 4) is 0 Å². The second-order valence-corrected chi connectivity index (χ2v) is 7.57. The highest BCUT2D eigenvalue weighted by atomic mass is 16.6. The third-order valence-electron chi connectivity index (χ3n) is 4.97. The summed E-state index contributed by atoms with van der Waals surface area (Å²) in [5.41, 5.74) is 0.0240. The van der Waals surface area contributed by atoms with E-state index >= 15 is 0 Å². The number of fused-ring (bicyclic) bond motifs is 1. The molecule has 0 aromatic heterocycles. The number of carboxylic acids is 1. The predicted octanol–water partition coefficient (Wildman–Crippen LogP) is 2.98. The van der Waals surface area contributed by atoms with Crippen LogP contribution in [0.15, 0.2) is 11.6 Å². The lowest BCUT2D eigenvalue weighted by atomic mass is 9.46. The van der Waals surface area contributed by atoms with Crippen molar-refractivity contribution in [2.75, 3.05) is 6.54 Å². The monoisotopic (exact) mass is 281 g/mol. The Balaban J connectivity index is 2.43. The van der Waals surface area contributed by atoms with Crippen LogP contribution >= 0.6 is 0 Å². The van der Waals surface area contributed by atoms with Gasteiger partial charge in [0.1, 0.15) is 0 Å². The van der Waals surface area contributed by atoms with E-state index in [1.807, 2.05) is 27.7 Å². The standard InChI is InChI=1S/C15H23NO4/c1-9-5-10-7-15(8-16(19)20,11(10)6-9)12(13(17)18)14(2,3)4/h6,10-12H,5,7-8H2,1-4H3,(H,17,18). The van der Waals surface area contributed by atoms with Gasteiger partial charge in [0.15, 0.2) is 0 Å². The minimum atomic E-state index is -0.907. The van der Waals surface area contributed by atoms with E-state index in [2.05, 4.69) is 6.08 Å². The fraction of sp³-hybridized carbons (Fsp3) is 0.800. The van der Waals surface area contributed by atoms with Gasteiger partial charge in [0.05, 0.1) is 11.3 Å². The van der Waals surface area contributed by atoms with Crippen LogP contribution in [0.1, 0.15) is 40.5 Å². The normalized spacial score (nSPS) is 33.9. The molecular weight excluding hydrogens is 258 g/mol. The molecule has 1 saturated carbocycles. The van der Waals surface area contributed by atoms with Crippen LogP contribution < -0.4 is 0 Å². The summed E-state index contributed by atoms with van der Waals surface area (Å²) < 4.78 is 0. The first kappa shape index (κ1) is 15.0. The number of aliphatic carboxylic acids is 1. The lowest BCUT2D eigenvalue weighted by Crippen LogP contribution is -2.59. The molecule has 2 aliphatic rings. The number of nitro groups is 1. The average molecular weight is 281 g/mol. The van der Waals surface area contributed by atoms with E-state index in [9.17, 15) is 20.0 Å². The maximum absolute atomic E-state index is 11.8. The molecule has 2 aliphatic carbocycles. The minimum absolute atomic E-state index is 0.0493. The Morgan fingerprint density at radius 3 is 2.60 bits per heavy atom. The topological polar surface area (TPSA) is 80.4 Å². The third kappa shape index (κ3) is 2.23. The van der Waals surface area contributed by atoms with Crippen molar-refractivity contribution in [3.05, 3.63) is 21.8 Å². The van der Waals surface area contributed by atoms with E-state index in [0.717, 1.165) is 6.42 Å². The van der Waals surface area contributed by atoms with E-state index in [4.69, 9.17) is 0 Å². The lowest BCUT2D eigenvalue weighted by molar-refractivity contribution is -0.510. The summed E-state index contributed by atoms with van der Waals surface area (Å²) in [7, 11) is 0. The van der Waals surface area contributed by atoms with Crippen LogP contribution in [0.5, 0.6) is 0 Å². The van der Waals surface area contributed by atoms with Gasteiger partial charge in [0, 0.05) is 4.92 Å². The van der Waals surface area contributed by atoms with E-state index < -0.39 is 22.7 Å². The molecule has 0 radical (unpaired) electrons. The van der Waals surface area contributed by atoms with Crippen molar-refractivity contribution in [3.63, 3.8) is 0 Å². The molecule has 0 heterocycles. The zero-order chi connectivity index (χ0) is 15.3. The highest BCUT2D eigenvalue weighted by Gasteiger charge is 2.65. The molecule has 1 fully saturated rings. The van der Waals surface area contributed by atoms with Crippen LogP contribution in [0.3, 0.4) is 0 Å². The molecule has 5 heteroatoms. The first-order valence-electron chi connectivity index (χ1n) is 7.10. The molecule has 0 amide bonds. The first-order valence-corrected chi connectivity index (χ1v) is 7.10. The number of rotatable bonds is 4. The predicted molar refractivity (Wildman–Crippen MR) is 74.8 cm³/mol. The van der Waals surface area contributed by atoms with Crippen LogP contribution in [0, 0.1) is 38.7 Å². The van der Waals surface area contributed by atoms with Gasteiger partial charge in [-0.1, -0.05) is 32.4 Å². The lowest BCUT2D eigenvalue weighted by Gasteiger charge is -2.55. The van der Waals surface area contributed by atoms with Crippen LogP contribution in [0.25, 0.3) is 0 Å². The molecule has 20 heavy (non-hydrogen) atoms. The van der Waals surface area contributed by atoms with Gasteiger partial charge in [-0.25, -0.2) is 0 Å². The number of hydrogen-bond donors (Lipinski definition) is 1. The molecule has 2 rings (SSSR count). The summed E-state index contributed by atoms with van der Waals surface area (Å²) in [5, 5.41) is 20.8. The minimum Gasteiger partial charge on any atom is -0.481 e. The fourth-order valence-corrected chi connectivity index (χ4v) is 4.64. The number of carbonyl (C=O) groups is 1. The Morgan fingerprint density at radius 1 is 1.60 bits per heavy atom. The van der Waals surface area contributed by atoms with Crippen molar-refractivity contribution in [2.45, 2.75) is 40.5 Å². The molecule has 1 N–H and O–H groups in total. The molecule has 0 spiro atoms. The molecule has 0 aromatic rings. The summed E-state index contributed by atoms with van der Waals surface area (Å²) in [6.45, 7) is 7.39. The van der Waals surface area contributed by atoms with Crippen molar-refractivity contribution in [2.24, 2.45) is 28.6 Å². The van der Waals surface area contributed by atoms with Crippen LogP contribution in [0.2, 0.25) is 0 Å². The Hall–Kier alpha value is -1.39. The second kappa shape index (κ2) is 4.57. The van der Waals surface area contributed by atoms with E-state index in [0.29, 0.717) is 12.3 Å². The van der Waals surface area contributed by atoms with E-state index in [1.54, 1.807) is 0 Å². The van der Waals surface area contributed by atoms with Crippen molar-refractivity contribution in [1.29, 1.82) is 0 Å². The largest absolute Gasteiger partial charge is 0.481 e. The Morgan fingerprint density at radius 2 is 2.20 bits per heavy atom. The van der Waals surface area contributed by atoms with Gasteiger partial charge in [0.25, 0.3) is 0 Å². The van der Waals surface area contributed by atoms with Crippen LogP contribution in [-0.2, 0) is 4.79 Å². The summed E-state index contributed by atoms with van der Waals surface area (Å²) in [5.74, 6) is -1.15. The molecule has 4 atom stereocenters. The van der Waals surface area contributed by atoms with E-state index in [-0.39, 0.29) is 17.4 Å². The third-order valence-corrected chi connectivity index (χ3v) is 4.97. The maximum Gasteiger partial charge on any atom is 0.307 e. The molecule has 0 aliphatic heterocycles. The fourth-order valence-electron chi connectivity index (χ4n) is 4.64. The highest BCUT2D eigenvalue weighted by Crippen LogP contribution is 2.64. The molecular formula is C15H23NO4. The SMILES string of the molecule is CC1=CC2C(C1)CC2(C[N+](=O)[O-])C(C(=O)O)C(C)(C)C. The number of hydrogen-bond acceptors (Lipinski definition) is 3. The van der Waals surface area contributed by atoms with Crippen LogP contribution in [0.4, 0.5) is 0 Å². The first-order chi connectivity index (χ1) is 9.08. The molecule has 0 aromatic carbocycles. The zero-order valence-electron chi connectivity index (χ0n) is 12.5. The van der Waals surface area contributed by atoms with Crippen molar-refractivity contribution >= 4 is 5.97 Å². The summed E-state index contributed by atoms with van der Waals surface area (Å²) in [6.07, 6.45) is 3.70. The summed E-state index contributed by atoms with van der Waals surface area (Å²) >= 11 is 0. The quantitative estimate of drug-likeness (QED) is 0.488. The Bertz CT molecular complexity index is 477. The molecule has 5 nitrogen and oxygen atoms in total. The van der Waals surface area contributed by atoms with E-state index in [1.165, 1.54) is 5.57 Å². The van der Waals surface area contributed by atoms with Gasteiger partial charge in [-0.15, -0.1) is 0 Å². The maximum atomic E-state index is 11.8. The smallest absolute Gasteiger partial charge is 0.307 e. The van der Waals surface area contributed by atoms with Gasteiger partial charge in [-0.3, -0.25) is 14.9 Å². The average Bonchev–Trinajstić information content (AvgIpc) is 2.51. The van der Waals surface area contributed by atoms with Gasteiger partial charge in [0.2, 0.25) is 6.54 Å². The van der Waals surface area contributed by atoms with Crippen molar-refractivity contribution < 1.29 is 14.8 Å². The van der Waals surface area contributed by atoms with Gasteiger partial charge < -0.3 is 5.11 Å². The molecule has 0 bridgehead atoms. The van der Waals surface area contributed by atoms with Gasteiger partial charge in [-0.2, -0.15) is 0 Å². The number of carboxylic acid groups (broad SMARTS) is 1. The highest BCUT2D eigenvalue weighted by molar-refractivity contribution is 5.72. The summed E-state index contributed by atoms with van der Waals surface area (Å²) in [4.78, 5) is 22.6. The van der Waals surface area contributed by atoms with Gasteiger partial charge in [-0.05, 0) is 37.0 Å². The Kier molecular flexibility index (Phi) is 3.43. The molecule has 112 valence electrons. The number of nitrogens with zero attached hydrogens (tertiary/aromatic N) is 1.